The maximum absolute atomic E-state index is 8.82. The fourth-order valence-corrected chi connectivity index (χ4v) is 3.00. The lowest BCUT2D eigenvalue weighted by atomic mass is 10.1. The van der Waals surface area contributed by atoms with Gasteiger partial charge in [0.25, 0.3) is 0 Å². The first-order valence-corrected chi connectivity index (χ1v) is 6.73. The lowest BCUT2D eigenvalue weighted by Crippen LogP contribution is -2.25. The molecule has 2 rings (SSSR count). The second-order valence-corrected chi connectivity index (χ2v) is 5.32. The molecule has 0 radical (unpaired) electrons. The van der Waals surface area contributed by atoms with Crippen LogP contribution in [0.3, 0.4) is 0 Å². The summed E-state index contributed by atoms with van der Waals surface area (Å²) in [6.07, 6.45) is 2.28. The Balaban J connectivity index is 2.08. The molecular weight excluding hydrogens is 242 g/mol. The molecule has 16 heavy (non-hydrogen) atoms. The molecule has 0 aromatic carbocycles. The molecular formula is C11H12ClN3S. The minimum absolute atomic E-state index is 0.367. The fourth-order valence-electron chi connectivity index (χ4n) is 1.69. The van der Waals surface area contributed by atoms with Gasteiger partial charge in [0.2, 0.25) is 0 Å². The molecule has 1 N–H and O–H groups in total. The standard InChI is InChI=1S/C11H12ClN3S/c12-10-5-8(7-13)6-11(15-10)14-9-1-3-16-4-2-9/h5-6,9H,1-4H2,(H,14,15). The van der Waals surface area contributed by atoms with E-state index in [2.05, 4.69) is 16.4 Å². The maximum Gasteiger partial charge on any atom is 0.132 e. The summed E-state index contributed by atoms with van der Waals surface area (Å²) >= 11 is 7.82. The van der Waals surface area contributed by atoms with Crippen LogP contribution in [-0.2, 0) is 0 Å². The van der Waals surface area contributed by atoms with E-state index in [4.69, 9.17) is 16.9 Å². The van der Waals surface area contributed by atoms with Gasteiger partial charge in [-0.25, -0.2) is 4.98 Å². The molecule has 84 valence electrons. The van der Waals surface area contributed by atoms with Crippen LogP contribution in [0.1, 0.15) is 18.4 Å². The summed E-state index contributed by atoms with van der Waals surface area (Å²) in [7, 11) is 0. The van der Waals surface area contributed by atoms with Crippen LogP contribution in [0.25, 0.3) is 0 Å². The summed E-state index contributed by atoms with van der Waals surface area (Å²) in [5.74, 6) is 3.08. The van der Waals surface area contributed by atoms with Gasteiger partial charge >= 0.3 is 0 Å². The fraction of sp³-hybridized carbons (Fsp3) is 0.455. The molecule has 1 aliphatic rings. The number of aromatic nitrogens is 1. The Morgan fingerprint density at radius 3 is 2.88 bits per heavy atom. The van der Waals surface area contributed by atoms with Crippen molar-refractivity contribution in [3.05, 3.63) is 22.8 Å². The predicted molar refractivity (Wildman–Crippen MR) is 67.9 cm³/mol. The molecule has 0 spiro atoms. The minimum Gasteiger partial charge on any atom is -0.367 e. The molecule has 3 nitrogen and oxygen atoms in total. The Morgan fingerprint density at radius 1 is 1.44 bits per heavy atom. The highest BCUT2D eigenvalue weighted by molar-refractivity contribution is 7.99. The zero-order chi connectivity index (χ0) is 11.4. The van der Waals surface area contributed by atoms with Crippen LogP contribution >= 0.6 is 23.4 Å². The second-order valence-electron chi connectivity index (χ2n) is 3.71. The largest absolute Gasteiger partial charge is 0.367 e. The van der Waals surface area contributed by atoms with Gasteiger partial charge in [0.15, 0.2) is 0 Å². The van der Waals surface area contributed by atoms with Crippen molar-refractivity contribution >= 4 is 29.2 Å². The first-order chi connectivity index (χ1) is 7.78. The number of pyridine rings is 1. The third kappa shape index (κ3) is 3.03. The highest BCUT2D eigenvalue weighted by atomic mass is 35.5. The summed E-state index contributed by atoms with van der Waals surface area (Å²) in [6, 6.07) is 5.85. The Hall–Kier alpha value is -0.920. The third-order valence-electron chi connectivity index (χ3n) is 2.50. The monoisotopic (exact) mass is 253 g/mol. The summed E-state index contributed by atoms with van der Waals surface area (Å²) in [4.78, 5) is 4.17. The number of hydrogen-bond donors (Lipinski definition) is 1. The van der Waals surface area contributed by atoms with Crippen molar-refractivity contribution in [3.63, 3.8) is 0 Å². The van der Waals surface area contributed by atoms with Gasteiger partial charge in [0.05, 0.1) is 11.6 Å². The van der Waals surface area contributed by atoms with Crippen LogP contribution in [0.15, 0.2) is 12.1 Å². The van der Waals surface area contributed by atoms with E-state index in [0.29, 0.717) is 22.6 Å². The van der Waals surface area contributed by atoms with Gasteiger partial charge in [0.1, 0.15) is 11.0 Å². The molecule has 0 saturated carbocycles. The predicted octanol–water partition coefficient (Wildman–Crippen LogP) is 2.91. The van der Waals surface area contributed by atoms with E-state index in [1.807, 2.05) is 11.8 Å². The molecule has 0 amide bonds. The van der Waals surface area contributed by atoms with Crippen LogP contribution in [0.4, 0.5) is 5.82 Å². The molecule has 0 bridgehead atoms. The number of nitrogens with one attached hydrogen (secondary N) is 1. The molecule has 2 heterocycles. The topological polar surface area (TPSA) is 48.7 Å². The number of anilines is 1. The molecule has 1 saturated heterocycles. The van der Waals surface area contributed by atoms with E-state index in [0.717, 1.165) is 12.8 Å². The quantitative estimate of drug-likeness (QED) is 0.824. The molecule has 1 aliphatic heterocycles. The average Bonchev–Trinajstić information content (AvgIpc) is 2.29. The van der Waals surface area contributed by atoms with Crippen molar-refractivity contribution in [1.82, 2.24) is 4.98 Å². The molecule has 0 aliphatic carbocycles. The van der Waals surface area contributed by atoms with Crippen molar-refractivity contribution in [2.75, 3.05) is 16.8 Å². The van der Waals surface area contributed by atoms with Crippen molar-refractivity contribution in [3.8, 4) is 6.07 Å². The lowest BCUT2D eigenvalue weighted by Gasteiger charge is -2.23. The lowest BCUT2D eigenvalue weighted by molar-refractivity contribution is 0.664. The second kappa shape index (κ2) is 5.42. The summed E-state index contributed by atoms with van der Waals surface area (Å²) in [5, 5.41) is 12.5. The van der Waals surface area contributed by atoms with Crippen molar-refractivity contribution < 1.29 is 0 Å². The zero-order valence-electron chi connectivity index (χ0n) is 8.74. The van der Waals surface area contributed by atoms with E-state index in [9.17, 15) is 0 Å². The third-order valence-corrected chi connectivity index (χ3v) is 3.74. The van der Waals surface area contributed by atoms with Crippen molar-refractivity contribution in [2.45, 2.75) is 18.9 Å². The van der Waals surface area contributed by atoms with Crippen LogP contribution < -0.4 is 5.32 Å². The van der Waals surface area contributed by atoms with Crippen LogP contribution in [0.5, 0.6) is 0 Å². The van der Waals surface area contributed by atoms with Gasteiger partial charge in [0, 0.05) is 6.04 Å². The first-order valence-electron chi connectivity index (χ1n) is 5.20. The Labute approximate surface area is 104 Å². The van der Waals surface area contributed by atoms with Gasteiger partial charge in [-0.15, -0.1) is 0 Å². The zero-order valence-corrected chi connectivity index (χ0v) is 10.3. The van der Waals surface area contributed by atoms with Gasteiger partial charge < -0.3 is 5.32 Å². The number of nitrogens with zero attached hydrogens (tertiary/aromatic N) is 2. The molecule has 1 aromatic heterocycles. The van der Waals surface area contributed by atoms with Gasteiger partial charge in [-0.05, 0) is 36.5 Å². The maximum atomic E-state index is 8.82. The number of rotatable bonds is 2. The van der Waals surface area contributed by atoms with E-state index in [1.165, 1.54) is 11.5 Å². The highest BCUT2D eigenvalue weighted by Gasteiger charge is 2.14. The Morgan fingerprint density at radius 2 is 2.19 bits per heavy atom. The summed E-state index contributed by atoms with van der Waals surface area (Å²) < 4.78 is 0. The van der Waals surface area contributed by atoms with E-state index in [1.54, 1.807) is 12.1 Å². The number of halogens is 1. The van der Waals surface area contributed by atoms with Crippen LogP contribution in [0, 0.1) is 11.3 Å². The Bertz CT molecular complexity index is 410. The minimum atomic E-state index is 0.367. The van der Waals surface area contributed by atoms with E-state index >= 15 is 0 Å². The molecule has 5 heteroatoms. The van der Waals surface area contributed by atoms with E-state index in [-0.39, 0.29) is 0 Å². The molecule has 1 fully saturated rings. The first kappa shape index (κ1) is 11.6. The number of thioether (sulfide) groups is 1. The van der Waals surface area contributed by atoms with Crippen molar-refractivity contribution in [2.24, 2.45) is 0 Å². The van der Waals surface area contributed by atoms with Crippen LogP contribution in [-0.4, -0.2) is 22.5 Å². The Kier molecular flexibility index (Phi) is 3.92. The van der Waals surface area contributed by atoms with E-state index < -0.39 is 0 Å². The normalized spacial score (nSPS) is 16.8. The highest BCUT2D eigenvalue weighted by Crippen LogP contribution is 2.21. The van der Waals surface area contributed by atoms with Gasteiger partial charge in [-0.2, -0.15) is 17.0 Å². The van der Waals surface area contributed by atoms with Crippen LogP contribution in [0.2, 0.25) is 5.15 Å². The summed E-state index contributed by atoms with van der Waals surface area (Å²) in [6.45, 7) is 0. The van der Waals surface area contributed by atoms with Crippen molar-refractivity contribution in [1.29, 1.82) is 5.26 Å². The smallest absolute Gasteiger partial charge is 0.132 e. The SMILES string of the molecule is N#Cc1cc(Cl)nc(NC2CCSCC2)c1. The molecule has 1 aromatic rings. The average molecular weight is 254 g/mol. The molecule has 0 unspecified atom stereocenters. The summed E-state index contributed by atoms with van der Waals surface area (Å²) in [5.41, 5.74) is 0.549. The van der Waals surface area contributed by atoms with Gasteiger partial charge in [-0.3, -0.25) is 0 Å². The van der Waals surface area contributed by atoms with Gasteiger partial charge in [-0.1, -0.05) is 11.6 Å². The number of nitriles is 1. The number of hydrogen-bond acceptors (Lipinski definition) is 4. The molecule has 0 atom stereocenters.